The van der Waals surface area contributed by atoms with Crippen LogP contribution in [0.5, 0.6) is 0 Å². The first-order valence-corrected chi connectivity index (χ1v) is 10.6. The summed E-state index contributed by atoms with van der Waals surface area (Å²) in [6, 6.07) is 11.7. The van der Waals surface area contributed by atoms with Gasteiger partial charge >= 0.3 is 0 Å². The van der Waals surface area contributed by atoms with E-state index in [2.05, 4.69) is 37.3 Å². The van der Waals surface area contributed by atoms with E-state index in [0.717, 1.165) is 40.9 Å². The summed E-state index contributed by atoms with van der Waals surface area (Å²) in [6.45, 7) is 1.98. The number of nitrogens with one attached hydrogen (secondary N) is 1. The van der Waals surface area contributed by atoms with Gasteiger partial charge in [0.05, 0.1) is 18.2 Å². The van der Waals surface area contributed by atoms with Crippen LogP contribution in [0.25, 0.3) is 22.0 Å². The number of anilines is 2. The summed E-state index contributed by atoms with van der Waals surface area (Å²) in [6.07, 6.45) is 10.7. The number of amides is 1. The van der Waals surface area contributed by atoms with Gasteiger partial charge in [-0.2, -0.15) is 0 Å². The Balaban J connectivity index is 1.38. The molecule has 0 radical (unpaired) electrons. The number of aromatic nitrogens is 4. The van der Waals surface area contributed by atoms with Crippen LogP contribution in [0.4, 0.5) is 11.6 Å². The average Bonchev–Trinajstić information content (AvgIpc) is 3.25. The quantitative estimate of drug-likeness (QED) is 0.542. The number of hydrogen-bond donors (Lipinski definition) is 1. The summed E-state index contributed by atoms with van der Waals surface area (Å²) < 4.78 is 1.98. The molecule has 0 spiro atoms. The summed E-state index contributed by atoms with van der Waals surface area (Å²) in [5, 5.41) is 4.95. The monoisotopic (exact) mass is 412 g/mol. The Hall–Kier alpha value is -3.74. The van der Waals surface area contributed by atoms with Crippen molar-refractivity contribution in [3.05, 3.63) is 66.9 Å². The van der Waals surface area contributed by atoms with Crippen LogP contribution in [0.2, 0.25) is 0 Å². The molecule has 5 rings (SSSR count). The molecule has 4 aromatic rings. The molecular weight excluding hydrogens is 388 g/mol. The van der Waals surface area contributed by atoms with Crippen LogP contribution >= 0.6 is 0 Å². The minimum atomic E-state index is -0.185. The van der Waals surface area contributed by atoms with Crippen molar-refractivity contribution in [1.82, 2.24) is 19.5 Å². The lowest BCUT2D eigenvalue weighted by molar-refractivity contribution is 0.102. The van der Waals surface area contributed by atoms with Gasteiger partial charge < -0.3 is 14.8 Å². The predicted molar refractivity (Wildman–Crippen MR) is 122 cm³/mol. The lowest BCUT2D eigenvalue weighted by Crippen LogP contribution is -2.30. The zero-order valence-corrected chi connectivity index (χ0v) is 17.5. The molecule has 0 unspecified atom stereocenters. The standard InChI is InChI=1S/C24H24N6O/c1-29-16-25-15-21(29)17-5-6-19-14-27-22(12-20(19)11-17)28-24(31)18-7-8-26-23(13-18)30-9-3-2-4-10-30/h5-8,11-16H,2-4,9-10H2,1H3,(H,27,28,31). The molecule has 4 heterocycles. The molecule has 0 saturated carbocycles. The fraction of sp³-hybridized carbons (Fsp3) is 0.250. The Bertz CT molecular complexity index is 1240. The second-order valence-corrected chi connectivity index (χ2v) is 7.93. The molecule has 1 saturated heterocycles. The molecule has 1 amide bonds. The molecule has 0 bridgehead atoms. The number of imidazole rings is 1. The van der Waals surface area contributed by atoms with Gasteiger partial charge in [-0.1, -0.05) is 12.1 Å². The minimum absolute atomic E-state index is 0.185. The van der Waals surface area contributed by atoms with E-state index in [1.54, 1.807) is 24.8 Å². The highest BCUT2D eigenvalue weighted by Crippen LogP contribution is 2.25. The van der Waals surface area contributed by atoms with E-state index in [0.29, 0.717) is 11.4 Å². The maximum Gasteiger partial charge on any atom is 0.257 e. The number of carbonyl (C=O) groups excluding carboxylic acids is 1. The van der Waals surface area contributed by atoms with E-state index < -0.39 is 0 Å². The van der Waals surface area contributed by atoms with Crippen molar-refractivity contribution in [3.8, 4) is 11.3 Å². The van der Waals surface area contributed by atoms with E-state index in [1.807, 2.05) is 36.0 Å². The molecule has 1 fully saturated rings. The highest BCUT2D eigenvalue weighted by atomic mass is 16.1. The van der Waals surface area contributed by atoms with Gasteiger partial charge in [0.2, 0.25) is 0 Å². The fourth-order valence-corrected chi connectivity index (χ4v) is 4.05. The largest absolute Gasteiger partial charge is 0.357 e. The van der Waals surface area contributed by atoms with Gasteiger partial charge in [0.1, 0.15) is 11.6 Å². The Morgan fingerprint density at radius 1 is 0.968 bits per heavy atom. The number of rotatable bonds is 4. The molecule has 0 atom stereocenters. The number of benzene rings is 1. The molecule has 1 aromatic carbocycles. The van der Waals surface area contributed by atoms with Crippen molar-refractivity contribution in [2.24, 2.45) is 7.05 Å². The average molecular weight is 412 g/mol. The molecule has 31 heavy (non-hydrogen) atoms. The van der Waals surface area contributed by atoms with E-state index in [-0.39, 0.29) is 5.91 Å². The molecule has 0 aliphatic carbocycles. The van der Waals surface area contributed by atoms with Crippen LogP contribution in [-0.2, 0) is 7.05 Å². The van der Waals surface area contributed by atoms with E-state index in [9.17, 15) is 4.79 Å². The summed E-state index contributed by atoms with van der Waals surface area (Å²) >= 11 is 0. The summed E-state index contributed by atoms with van der Waals surface area (Å²) in [5.74, 6) is 1.20. The minimum Gasteiger partial charge on any atom is -0.357 e. The first-order chi connectivity index (χ1) is 15.2. The van der Waals surface area contributed by atoms with Crippen LogP contribution in [0, 0.1) is 0 Å². The normalized spacial score (nSPS) is 14.0. The second-order valence-electron chi connectivity index (χ2n) is 7.93. The molecule has 156 valence electrons. The Morgan fingerprint density at radius 2 is 1.84 bits per heavy atom. The number of carbonyl (C=O) groups is 1. The van der Waals surface area contributed by atoms with Crippen molar-refractivity contribution in [1.29, 1.82) is 0 Å². The number of pyridine rings is 2. The fourth-order valence-electron chi connectivity index (χ4n) is 4.05. The van der Waals surface area contributed by atoms with Crippen molar-refractivity contribution in [2.45, 2.75) is 19.3 Å². The van der Waals surface area contributed by atoms with Crippen LogP contribution in [0.1, 0.15) is 29.6 Å². The topological polar surface area (TPSA) is 75.9 Å². The molecule has 1 aliphatic heterocycles. The zero-order valence-electron chi connectivity index (χ0n) is 17.5. The summed E-state index contributed by atoms with van der Waals surface area (Å²) in [4.78, 5) is 28.2. The molecule has 7 heteroatoms. The highest BCUT2D eigenvalue weighted by molar-refractivity contribution is 6.05. The number of aryl methyl sites for hydroxylation is 1. The first-order valence-electron chi connectivity index (χ1n) is 10.6. The third-order valence-electron chi connectivity index (χ3n) is 5.76. The second kappa shape index (κ2) is 8.18. The lowest BCUT2D eigenvalue weighted by Gasteiger charge is -2.27. The van der Waals surface area contributed by atoms with E-state index in [4.69, 9.17) is 0 Å². The van der Waals surface area contributed by atoms with E-state index in [1.165, 1.54) is 19.3 Å². The molecule has 1 N–H and O–H groups in total. The molecule has 3 aromatic heterocycles. The van der Waals surface area contributed by atoms with Gasteiger partial charge in [-0.25, -0.2) is 15.0 Å². The van der Waals surface area contributed by atoms with Crippen molar-refractivity contribution < 1.29 is 4.79 Å². The van der Waals surface area contributed by atoms with Gasteiger partial charge in [0.15, 0.2) is 0 Å². The first kappa shape index (κ1) is 19.2. The lowest BCUT2D eigenvalue weighted by atomic mass is 10.1. The molecule has 7 nitrogen and oxygen atoms in total. The third-order valence-corrected chi connectivity index (χ3v) is 5.76. The van der Waals surface area contributed by atoms with Gasteiger partial charge in [0.25, 0.3) is 5.91 Å². The number of fused-ring (bicyclic) bond motifs is 1. The number of hydrogen-bond acceptors (Lipinski definition) is 5. The predicted octanol–water partition coefficient (Wildman–Crippen LogP) is 4.27. The smallest absolute Gasteiger partial charge is 0.257 e. The van der Waals surface area contributed by atoms with Crippen molar-refractivity contribution in [3.63, 3.8) is 0 Å². The van der Waals surface area contributed by atoms with Gasteiger partial charge in [-0.15, -0.1) is 0 Å². The van der Waals surface area contributed by atoms with Gasteiger partial charge in [-0.05, 0) is 48.9 Å². The Kier molecular flexibility index (Phi) is 5.08. The maximum absolute atomic E-state index is 12.9. The van der Waals surface area contributed by atoms with Crippen molar-refractivity contribution in [2.75, 3.05) is 23.3 Å². The summed E-state index contributed by atoms with van der Waals surface area (Å²) in [7, 11) is 1.97. The Morgan fingerprint density at radius 3 is 2.65 bits per heavy atom. The zero-order chi connectivity index (χ0) is 21.2. The maximum atomic E-state index is 12.9. The van der Waals surface area contributed by atoms with Crippen LogP contribution in [0.3, 0.4) is 0 Å². The number of piperidine rings is 1. The SMILES string of the molecule is Cn1cncc1-c1ccc2cnc(NC(=O)c3ccnc(N4CCCCC4)c3)cc2c1. The van der Waals surface area contributed by atoms with Gasteiger partial charge in [0, 0.05) is 49.0 Å². The van der Waals surface area contributed by atoms with Crippen molar-refractivity contribution >= 4 is 28.3 Å². The van der Waals surface area contributed by atoms with Crippen LogP contribution < -0.4 is 10.2 Å². The van der Waals surface area contributed by atoms with Crippen LogP contribution in [-0.4, -0.2) is 38.5 Å². The summed E-state index contributed by atoms with van der Waals surface area (Å²) in [5.41, 5.74) is 2.68. The van der Waals surface area contributed by atoms with Crippen LogP contribution in [0.15, 0.2) is 61.3 Å². The number of nitrogens with zero attached hydrogens (tertiary/aromatic N) is 5. The molecule has 1 aliphatic rings. The third kappa shape index (κ3) is 3.99. The van der Waals surface area contributed by atoms with Gasteiger partial charge in [-0.3, -0.25) is 4.79 Å². The highest BCUT2D eigenvalue weighted by Gasteiger charge is 2.15. The molecular formula is C24H24N6O. The van der Waals surface area contributed by atoms with E-state index >= 15 is 0 Å². The Labute approximate surface area is 180 Å².